The van der Waals surface area contributed by atoms with Crippen LogP contribution in [0.5, 0.6) is 0 Å². The molecule has 0 heterocycles. The van der Waals surface area contributed by atoms with Crippen LogP contribution in [-0.2, 0) is 43.3 Å². The number of carboxylic acids is 1. The molecular formula is C104H140O2. The molecule has 6 unspecified atom stereocenters. The summed E-state index contributed by atoms with van der Waals surface area (Å²) in [6.45, 7) is 38.6. The molecule has 13 rings (SSSR count). The van der Waals surface area contributed by atoms with Crippen molar-refractivity contribution in [1.29, 1.82) is 0 Å². The van der Waals surface area contributed by atoms with Crippen molar-refractivity contribution in [2.24, 2.45) is 65.1 Å². The van der Waals surface area contributed by atoms with Crippen molar-refractivity contribution in [3.63, 3.8) is 0 Å². The highest BCUT2D eigenvalue weighted by Gasteiger charge is 2.34. The molecule has 568 valence electrons. The molecule has 2 heteroatoms. The maximum absolute atomic E-state index is 11.6. The molecule has 0 saturated heterocycles. The summed E-state index contributed by atoms with van der Waals surface area (Å²) in [6, 6.07) is 33.2. The van der Waals surface area contributed by atoms with Crippen LogP contribution in [0, 0.1) is 65.1 Å². The summed E-state index contributed by atoms with van der Waals surface area (Å²) in [5.74, 6) is 6.21. The number of benzene rings is 13. The number of unbranched alkanes of at least 4 members (excludes halogenated alkanes) is 6. The summed E-state index contributed by atoms with van der Waals surface area (Å²) in [7, 11) is 0. The minimum Gasteiger partial charge on any atom is -0.481 e. The maximum Gasteiger partial charge on any atom is 0.306 e. The van der Waals surface area contributed by atoms with Gasteiger partial charge in [0.15, 0.2) is 0 Å². The molecule has 0 amide bonds. The van der Waals surface area contributed by atoms with E-state index in [9.17, 15) is 9.90 Å². The third-order valence-corrected chi connectivity index (χ3v) is 27.0. The largest absolute Gasteiger partial charge is 0.481 e. The number of rotatable bonds is 46. The standard InChI is InChI=1S/C104H140O2/c1-63(2)29-24-34-68(11)41-46-75-53-82-80-51-74(40-23-21-19-17-18-20-22-39-73(16)104(105)106)52-81-83-54-76(47-42-69(12)35-25-30-64(3)4)56-85-87-58-78(49-44-71(14)37-27-32-66(7)8)60-89-91-62-79(50-45-72(15)38-28-33-67(9)10)61-90-88-59-77(48-43-70(13)36-26-31-65(5)6)57-86-84(55-75)93(82)99-98(92(80)81)100(94(83)85)102(96(87)89)103(97(90)91)101(99)95(86)88/h51-73H,17-50H2,1-16H3,(H,105,106). The Morgan fingerprint density at radius 1 is 0.208 bits per heavy atom. The van der Waals surface area contributed by atoms with E-state index in [1.54, 1.807) is 32.3 Å². The van der Waals surface area contributed by atoms with Crippen LogP contribution in [0.2, 0.25) is 0 Å². The van der Waals surface area contributed by atoms with Crippen LogP contribution in [0.3, 0.4) is 0 Å². The molecule has 0 aliphatic rings. The second kappa shape index (κ2) is 34.5. The predicted octanol–water partition coefficient (Wildman–Crippen LogP) is 32.5. The van der Waals surface area contributed by atoms with Crippen LogP contribution in [0.25, 0.3) is 129 Å². The fraction of sp³-hybridized carbons (Fsp3) is 0.587. The lowest BCUT2D eigenvalue weighted by atomic mass is 9.72. The maximum atomic E-state index is 11.6. The van der Waals surface area contributed by atoms with Gasteiger partial charge in [-0.05, 0) is 305 Å². The van der Waals surface area contributed by atoms with Gasteiger partial charge in [-0.15, -0.1) is 0 Å². The Balaban J connectivity index is 1.11. The Labute approximate surface area is 641 Å². The Bertz CT molecular complexity index is 4720. The highest BCUT2D eigenvalue weighted by Crippen LogP contribution is 2.61. The number of hydrogen-bond acceptors (Lipinski definition) is 1. The quantitative estimate of drug-likeness (QED) is 0.0235. The van der Waals surface area contributed by atoms with E-state index in [1.165, 1.54) is 291 Å². The fourth-order valence-electron chi connectivity index (χ4n) is 20.4. The second-order valence-corrected chi connectivity index (χ2v) is 38.7. The molecule has 0 radical (unpaired) electrons. The number of carbonyl (C=O) groups is 1. The monoisotopic (exact) mass is 1420 g/mol. The van der Waals surface area contributed by atoms with Gasteiger partial charge in [0.25, 0.3) is 0 Å². The van der Waals surface area contributed by atoms with Crippen LogP contribution in [-0.4, -0.2) is 11.1 Å². The van der Waals surface area contributed by atoms with Crippen molar-refractivity contribution < 1.29 is 9.90 Å². The predicted molar refractivity (Wildman–Crippen MR) is 472 cm³/mol. The van der Waals surface area contributed by atoms with Gasteiger partial charge in [0.1, 0.15) is 0 Å². The fourth-order valence-corrected chi connectivity index (χ4v) is 20.4. The average molecular weight is 1420 g/mol. The minimum atomic E-state index is -0.659. The number of fused-ring (bicyclic) bond motifs is 6. The van der Waals surface area contributed by atoms with Gasteiger partial charge in [0.2, 0.25) is 0 Å². The van der Waals surface area contributed by atoms with Gasteiger partial charge in [0, 0.05) is 0 Å². The number of aliphatic carboxylic acids is 1. The number of carboxylic acid groups (broad SMARTS) is 1. The van der Waals surface area contributed by atoms with E-state index in [0.717, 1.165) is 87.4 Å². The van der Waals surface area contributed by atoms with Gasteiger partial charge < -0.3 is 5.11 Å². The number of hydrogen-bond donors (Lipinski definition) is 1. The van der Waals surface area contributed by atoms with Gasteiger partial charge >= 0.3 is 5.97 Å². The molecule has 0 aliphatic carbocycles. The molecule has 0 aromatic heterocycles. The van der Waals surface area contributed by atoms with Gasteiger partial charge in [-0.1, -0.05) is 318 Å². The first kappa shape index (κ1) is 78.1. The van der Waals surface area contributed by atoms with Crippen molar-refractivity contribution in [3.05, 3.63) is 106 Å². The lowest BCUT2D eigenvalue weighted by Crippen LogP contribution is -2.08. The van der Waals surface area contributed by atoms with E-state index in [1.807, 2.05) is 6.92 Å². The smallest absolute Gasteiger partial charge is 0.306 e. The summed E-state index contributed by atoms with van der Waals surface area (Å²) < 4.78 is 0. The van der Waals surface area contributed by atoms with Gasteiger partial charge in [-0.25, -0.2) is 0 Å². The molecule has 1 N–H and O–H groups in total. The number of aryl methyl sites for hydroxylation is 6. The highest BCUT2D eigenvalue weighted by atomic mass is 16.4. The minimum absolute atomic E-state index is 0.251. The Morgan fingerprint density at radius 2 is 0.387 bits per heavy atom. The van der Waals surface area contributed by atoms with Crippen LogP contribution in [0.15, 0.2) is 72.8 Å². The zero-order chi connectivity index (χ0) is 74.8. The third-order valence-electron chi connectivity index (χ3n) is 27.0. The first-order valence-electron chi connectivity index (χ1n) is 44.5. The van der Waals surface area contributed by atoms with E-state index in [-0.39, 0.29) is 5.92 Å². The summed E-state index contributed by atoms with van der Waals surface area (Å²) in [6.07, 6.45) is 41.4. The summed E-state index contributed by atoms with van der Waals surface area (Å²) in [4.78, 5) is 11.6. The lowest BCUT2D eigenvalue weighted by Gasteiger charge is -2.30. The summed E-state index contributed by atoms with van der Waals surface area (Å²) in [5.41, 5.74) is 9.15. The molecule has 0 aliphatic heterocycles. The van der Waals surface area contributed by atoms with Crippen LogP contribution >= 0.6 is 0 Å². The average Bonchev–Trinajstić information content (AvgIpc) is 0.643. The van der Waals surface area contributed by atoms with E-state index in [0.29, 0.717) is 29.6 Å². The van der Waals surface area contributed by atoms with Crippen LogP contribution in [0.4, 0.5) is 0 Å². The van der Waals surface area contributed by atoms with E-state index >= 15 is 0 Å². The molecule has 106 heavy (non-hydrogen) atoms. The molecule has 13 aromatic rings. The Hall–Kier alpha value is -5.99. The second-order valence-electron chi connectivity index (χ2n) is 38.7. The lowest BCUT2D eigenvalue weighted by molar-refractivity contribution is -0.141. The van der Waals surface area contributed by atoms with E-state index in [4.69, 9.17) is 0 Å². The third kappa shape index (κ3) is 17.0. The van der Waals surface area contributed by atoms with Gasteiger partial charge in [-0.2, -0.15) is 0 Å². The Kier molecular flexibility index (Phi) is 25.4. The van der Waals surface area contributed by atoms with Crippen molar-refractivity contribution in [3.8, 4) is 0 Å². The molecule has 2 nitrogen and oxygen atoms in total. The molecule has 6 atom stereocenters. The van der Waals surface area contributed by atoms with Crippen molar-refractivity contribution in [2.45, 2.75) is 329 Å². The molecular weight excluding hydrogens is 1280 g/mol. The topological polar surface area (TPSA) is 37.3 Å². The molecule has 0 saturated carbocycles. The van der Waals surface area contributed by atoms with Crippen molar-refractivity contribution in [1.82, 2.24) is 0 Å². The first-order valence-corrected chi connectivity index (χ1v) is 44.5. The van der Waals surface area contributed by atoms with E-state index in [2.05, 4.69) is 177 Å². The first-order chi connectivity index (χ1) is 51.0. The SMILES string of the molecule is CC(C)CCCC(C)CCc1cc2c3cc(CCCCCCCCCC(C)C(=O)O)cc4c5cc(CCC(C)CCCC(C)C)cc6c7cc(CCC(C)CCCC(C)C)cc8c9cc(CCC(C)CCCC(C)C)cc%10c%11cc(CCC(C)CCCC(C)C)cc%12c(c1)c2c1c(c34)c(c56)c(c78)c(c%109)c1c%12%11. The molecule has 0 fully saturated rings. The normalized spacial score (nSPS) is 14.8. The molecule has 13 aromatic carbocycles. The summed E-state index contributed by atoms with van der Waals surface area (Å²) in [5, 5.41) is 46.1. The zero-order valence-corrected chi connectivity index (χ0v) is 69.7. The van der Waals surface area contributed by atoms with Crippen LogP contribution < -0.4 is 0 Å². The van der Waals surface area contributed by atoms with Crippen LogP contribution in [0.1, 0.15) is 324 Å². The molecule has 0 spiro atoms. The summed E-state index contributed by atoms with van der Waals surface area (Å²) >= 11 is 0. The van der Waals surface area contributed by atoms with Crippen molar-refractivity contribution >= 4 is 135 Å². The van der Waals surface area contributed by atoms with Crippen molar-refractivity contribution in [2.75, 3.05) is 0 Å². The van der Waals surface area contributed by atoms with Gasteiger partial charge in [0.05, 0.1) is 5.92 Å². The Morgan fingerprint density at radius 3 is 0.575 bits per heavy atom. The molecule has 0 bridgehead atoms. The van der Waals surface area contributed by atoms with Gasteiger partial charge in [-0.3, -0.25) is 4.79 Å². The zero-order valence-electron chi connectivity index (χ0n) is 69.7. The highest BCUT2D eigenvalue weighted by molar-refractivity contribution is 6.61. The van der Waals surface area contributed by atoms with E-state index < -0.39 is 5.97 Å².